The molecule has 0 saturated carbocycles. The minimum absolute atomic E-state index is 0.194. The number of hydrogen-bond donors (Lipinski definition) is 2. The highest BCUT2D eigenvalue weighted by Crippen LogP contribution is 2.51. The summed E-state index contributed by atoms with van der Waals surface area (Å²) in [6.07, 6.45) is 2.91. The molecule has 1 aromatic heterocycles. The largest absolute Gasteiger partial charge is 0.349 e. The lowest BCUT2D eigenvalue weighted by Gasteiger charge is -2.31. The first-order valence-electron chi connectivity index (χ1n) is 13.4. The number of unbranched alkanes of at least 4 members (excludes halogenated alkanes) is 2. The smallest absolute Gasteiger partial charge is 0.262 e. The van der Waals surface area contributed by atoms with Crippen LogP contribution in [-0.4, -0.2) is 34.1 Å². The molecule has 1 heterocycles. The van der Waals surface area contributed by atoms with E-state index in [-0.39, 0.29) is 11.5 Å². The van der Waals surface area contributed by atoms with Gasteiger partial charge in [0.2, 0.25) is 5.91 Å². The summed E-state index contributed by atoms with van der Waals surface area (Å²) in [6.45, 7) is 0.105. The zero-order valence-electron chi connectivity index (χ0n) is 22.3. The Balaban J connectivity index is 1.28. The maximum absolute atomic E-state index is 13.7. The van der Waals surface area contributed by atoms with Gasteiger partial charge >= 0.3 is 0 Å². The van der Waals surface area contributed by atoms with Gasteiger partial charge in [-0.25, -0.2) is 13.8 Å². The number of thioether (sulfide) groups is 1. The molecule has 0 spiro atoms. The van der Waals surface area contributed by atoms with Crippen molar-refractivity contribution in [1.82, 2.24) is 15.3 Å². The average Bonchev–Trinajstić information content (AvgIpc) is 3.24. The van der Waals surface area contributed by atoms with Crippen molar-refractivity contribution in [3.05, 3.63) is 106 Å². The Morgan fingerprint density at radius 3 is 2.20 bits per heavy atom. The Bertz CT molecular complexity index is 1500. The SMILES string of the molecule is CC(F)(F)CNC(=O)C1(CCCCCSc2nc(-c3ccccc3)cc(=O)[nH]2)c2ccccc2-c2ccccc21. The molecule has 0 unspecified atom stereocenters. The second-order valence-corrected chi connectivity index (χ2v) is 11.3. The third-order valence-corrected chi connectivity index (χ3v) is 8.19. The molecule has 3 aromatic carbocycles. The number of benzene rings is 3. The zero-order chi connectivity index (χ0) is 28.2. The quantitative estimate of drug-likeness (QED) is 0.120. The second-order valence-electron chi connectivity index (χ2n) is 10.2. The molecule has 0 fully saturated rings. The predicted molar refractivity (Wildman–Crippen MR) is 156 cm³/mol. The van der Waals surface area contributed by atoms with Gasteiger partial charge in [0.05, 0.1) is 12.2 Å². The van der Waals surface area contributed by atoms with Crippen LogP contribution in [0.5, 0.6) is 0 Å². The van der Waals surface area contributed by atoms with Crippen molar-refractivity contribution in [2.45, 2.75) is 49.1 Å². The van der Waals surface area contributed by atoms with Crippen molar-refractivity contribution < 1.29 is 13.6 Å². The third-order valence-electron chi connectivity index (χ3n) is 7.24. The Morgan fingerprint density at radius 1 is 0.925 bits per heavy atom. The minimum atomic E-state index is -3.00. The van der Waals surface area contributed by atoms with Crippen LogP contribution < -0.4 is 10.9 Å². The first-order valence-corrected chi connectivity index (χ1v) is 14.4. The van der Waals surface area contributed by atoms with Gasteiger partial charge in [0, 0.05) is 24.3 Å². The number of fused-ring (bicyclic) bond motifs is 3. The molecule has 0 saturated heterocycles. The number of amides is 1. The van der Waals surface area contributed by atoms with E-state index in [4.69, 9.17) is 0 Å². The van der Waals surface area contributed by atoms with E-state index in [0.29, 0.717) is 17.3 Å². The minimum Gasteiger partial charge on any atom is -0.349 e. The summed E-state index contributed by atoms with van der Waals surface area (Å²) in [7, 11) is 0. The number of rotatable bonds is 11. The number of aromatic nitrogens is 2. The van der Waals surface area contributed by atoms with Crippen molar-refractivity contribution in [2.75, 3.05) is 12.3 Å². The van der Waals surface area contributed by atoms with E-state index in [1.165, 1.54) is 17.8 Å². The fourth-order valence-electron chi connectivity index (χ4n) is 5.44. The predicted octanol–water partition coefficient (Wildman–Crippen LogP) is 6.83. The van der Waals surface area contributed by atoms with Crippen LogP contribution in [0.15, 0.2) is 94.9 Å². The lowest BCUT2D eigenvalue weighted by atomic mass is 9.73. The van der Waals surface area contributed by atoms with E-state index in [0.717, 1.165) is 59.8 Å². The number of nitrogens with zero attached hydrogens (tertiary/aromatic N) is 1. The van der Waals surface area contributed by atoms with Crippen LogP contribution in [0, 0.1) is 0 Å². The molecule has 8 heteroatoms. The molecule has 1 amide bonds. The number of alkyl halides is 2. The van der Waals surface area contributed by atoms with Crippen molar-refractivity contribution in [3.8, 4) is 22.4 Å². The summed E-state index contributed by atoms with van der Waals surface area (Å²) >= 11 is 1.49. The summed E-state index contributed by atoms with van der Waals surface area (Å²) in [5.74, 6) is -2.64. The van der Waals surface area contributed by atoms with Gasteiger partial charge < -0.3 is 10.3 Å². The first-order chi connectivity index (χ1) is 19.3. The number of carbonyl (C=O) groups is 1. The topological polar surface area (TPSA) is 74.8 Å². The van der Waals surface area contributed by atoms with Gasteiger partial charge in [-0.15, -0.1) is 0 Å². The third kappa shape index (κ3) is 5.87. The number of aromatic amines is 1. The number of halogens is 2. The molecule has 2 N–H and O–H groups in total. The van der Waals surface area contributed by atoms with Gasteiger partial charge in [0.15, 0.2) is 5.16 Å². The molecule has 0 atom stereocenters. The Hall–Kier alpha value is -3.78. The summed E-state index contributed by atoms with van der Waals surface area (Å²) in [5, 5.41) is 3.12. The monoisotopic (exact) mass is 559 g/mol. The van der Waals surface area contributed by atoms with E-state index in [1.54, 1.807) is 0 Å². The molecule has 0 bridgehead atoms. The van der Waals surface area contributed by atoms with Gasteiger partial charge in [0.25, 0.3) is 11.5 Å². The van der Waals surface area contributed by atoms with E-state index in [9.17, 15) is 18.4 Å². The zero-order valence-corrected chi connectivity index (χ0v) is 23.1. The lowest BCUT2D eigenvalue weighted by Crippen LogP contribution is -2.47. The Kier molecular flexibility index (Phi) is 8.17. The Morgan fingerprint density at radius 2 is 1.55 bits per heavy atom. The van der Waals surface area contributed by atoms with Gasteiger partial charge in [-0.05, 0) is 35.1 Å². The van der Waals surface area contributed by atoms with E-state index in [1.807, 2.05) is 78.9 Å². The molecule has 0 radical (unpaired) electrons. The highest BCUT2D eigenvalue weighted by atomic mass is 32.2. The van der Waals surface area contributed by atoms with Crippen molar-refractivity contribution in [1.29, 1.82) is 0 Å². The van der Waals surface area contributed by atoms with Crippen LogP contribution >= 0.6 is 11.8 Å². The highest BCUT2D eigenvalue weighted by Gasteiger charge is 2.48. The molecule has 5 rings (SSSR count). The molecular formula is C32H31F2N3O2S. The van der Waals surface area contributed by atoms with E-state index in [2.05, 4.69) is 15.3 Å². The summed E-state index contributed by atoms with van der Waals surface area (Å²) in [4.78, 5) is 33.3. The van der Waals surface area contributed by atoms with Gasteiger partial charge in [-0.3, -0.25) is 9.59 Å². The van der Waals surface area contributed by atoms with Crippen LogP contribution in [0.25, 0.3) is 22.4 Å². The number of hydrogen-bond acceptors (Lipinski definition) is 4. The maximum atomic E-state index is 13.7. The van der Waals surface area contributed by atoms with E-state index >= 15 is 0 Å². The normalized spacial score (nSPS) is 13.5. The van der Waals surface area contributed by atoms with Gasteiger partial charge in [-0.1, -0.05) is 103 Å². The lowest BCUT2D eigenvalue weighted by molar-refractivity contribution is -0.127. The molecule has 1 aliphatic carbocycles. The molecular weight excluding hydrogens is 528 g/mol. The summed E-state index contributed by atoms with van der Waals surface area (Å²) < 4.78 is 27.4. The second kappa shape index (κ2) is 11.8. The number of nitrogens with one attached hydrogen (secondary N) is 2. The summed E-state index contributed by atoms with van der Waals surface area (Å²) in [5.41, 5.74) is 3.97. The molecule has 206 valence electrons. The van der Waals surface area contributed by atoms with Crippen molar-refractivity contribution >= 4 is 17.7 Å². The summed E-state index contributed by atoms with van der Waals surface area (Å²) in [6, 6.07) is 26.6. The first kappa shape index (κ1) is 27.8. The van der Waals surface area contributed by atoms with Gasteiger partial charge in [-0.2, -0.15) is 0 Å². The molecule has 5 nitrogen and oxygen atoms in total. The number of carbonyl (C=O) groups excluding carboxylic acids is 1. The van der Waals surface area contributed by atoms with Crippen LogP contribution in [-0.2, 0) is 10.2 Å². The molecule has 40 heavy (non-hydrogen) atoms. The van der Waals surface area contributed by atoms with Crippen LogP contribution in [0.4, 0.5) is 8.78 Å². The van der Waals surface area contributed by atoms with Crippen molar-refractivity contribution in [2.24, 2.45) is 0 Å². The fourth-order valence-corrected chi connectivity index (χ4v) is 6.31. The van der Waals surface area contributed by atoms with E-state index < -0.39 is 17.9 Å². The standard InChI is InChI=1S/C32H31F2N3O2S/c1-31(33,34)21-35-29(39)32(25-16-8-6-14-23(25)24-15-7-9-17-26(24)32)18-10-3-11-19-40-30-36-27(20-28(38)37-30)22-12-4-2-5-13-22/h2,4-9,12-17,20H,3,10-11,18-19,21H2,1H3,(H,35,39)(H,36,37,38). The molecule has 1 aliphatic rings. The maximum Gasteiger partial charge on any atom is 0.262 e. The molecule has 0 aliphatic heterocycles. The highest BCUT2D eigenvalue weighted by molar-refractivity contribution is 7.99. The van der Waals surface area contributed by atoms with Crippen molar-refractivity contribution in [3.63, 3.8) is 0 Å². The van der Waals surface area contributed by atoms with Crippen LogP contribution in [0.2, 0.25) is 0 Å². The fraction of sp³-hybridized carbons (Fsp3) is 0.281. The van der Waals surface area contributed by atoms with Crippen LogP contribution in [0.3, 0.4) is 0 Å². The number of H-pyrrole nitrogens is 1. The van der Waals surface area contributed by atoms with Crippen LogP contribution in [0.1, 0.15) is 43.7 Å². The average molecular weight is 560 g/mol. The Labute approximate surface area is 236 Å². The molecule has 4 aromatic rings. The van der Waals surface area contributed by atoms with Gasteiger partial charge in [0.1, 0.15) is 5.41 Å².